The highest BCUT2D eigenvalue weighted by atomic mass is 32.2. The molecule has 0 bridgehead atoms. The lowest BCUT2D eigenvalue weighted by atomic mass is 9.99. The van der Waals surface area contributed by atoms with Crippen molar-refractivity contribution in [1.29, 1.82) is 0 Å². The SMILES string of the molecule is Cc1ccc(C(C)C)c(N2C(=O)CS/C2=N\C(=O)NC(C)CCCc2cccc(-c3ncn(-c4ccc(OC(F)(F)F)cc4)n3)c2)c1. The molecule has 1 aliphatic heterocycles. The van der Waals surface area contributed by atoms with Crippen molar-refractivity contribution in [2.75, 3.05) is 10.7 Å². The highest BCUT2D eigenvalue weighted by Crippen LogP contribution is 2.34. The number of anilines is 1. The van der Waals surface area contributed by atoms with E-state index in [1.165, 1.54) is 47.0 Å². The Morgan fingerprint density at radius 2 is 1.85 bits per heavy atom. The summed E-state index contributed by atoms with van der Waals surface area (Å²) in [6, 6.07) is 18.6. The molecule has 1 fully saturated rings. The van der Waals surface area contributed by atoms with Crippen LogP contribution in [0.4, 0.5) is 23.7 Å². The molecule has 9 nitrogen and oxygen atoms in total. The van der Waals surface area contributed by atoms with Crippen molar-refractivity contribution < 1.29 is 27.5 Å². The number of amides is 3. The third-order valence-electron chi connectivity index (χ3n) is 7.50. The van der Waals surface area contributed by atoms with Gasteiger partial charge in [-0.3, -0.25) is 9.69 Å². The van der Waals surface area contributed by atoms with Crippen LogP contribution in [0.5, 0.6) is 5.75 Å². The normalized spacial score (nSPS) is 15.0. The number of nitrogens with zero attached hydrogens (tertiary/aromatic N) is 5. The van der Waals surface area contributed by atoms with Gasteiger partial charge in [-0.1, -0.05) is 55.9 Å². The van der Waals surface area contributed by atoms with Crippen LogP contribution >= 0.6 is 11.8 Å². The lowest BCUT2D eigenvalue weighted by Crippen LogP contribution is -2.34. The summed E-state index contributed by atoms with van der Waals surface area (Å²) in [5.74, 6) is 0.497. The van der Waals surface area contributed by atoms with Gasteiger partial charge < -0.3 is 10.1 Å². The Morgan fingerprint density at radius 3 is 2.57 bits per heavy atom. The number of halogens is 3. The van der Waals surface area contributed by atoms with Gasteiger partial charge in [0.1, 0.15) is 12.1 Å². The number of aromatic nitrogens is 3. The van der Waals surface area contributed by atoms with Gasteiger partial charge in [0.25, 0.3) is 0 Å². The lowest BCUT2D eigenvalue weighted by molar-refractivity contribution is -0.274. The molecular formula is C34H35F3N6O3S. The van der Waals surface area contributed by atoms with Crippen LogP contribution in [0.25, 0.3) is 17.1 Å². The fraction of sp³-hybridized carbons (Fsp3) is 0.324. The summed E-state index contributed by atoms with van der Waals surface area (Å²) in [4.78, 5) is 35.9. The first-order valence-electron chi connectivity index (χ1n) is 15.2. The summed E-state index contributed by atoms with van der Waals surface area (Å²) in [6.07, 6.45) is -0.983. The maximum absolute atomic E-state index is 12.9. The van der Waals surface area contributed by atoms with E-state index in [0.717, 1.165) is 40.8 Å². The van der Waals surface area contributed by atoms with Crippen LogP contribution in [0.2, 0.25) is 0 Å². The van der Waals surface area contributed by atoms with Crippen molar-refractivity contribution in [3.05, 3.63) is 89.7 Å². The number of alkyl halides is 3. The number of urea groups is 1. The predicted molar refractivity (Wildman–Crippen MR) is 177 cm³/mol. The zero-order valence-corrected chi connectivity index (χ0v) is 27.2. The van der Waals surface area contributed by atoms with Crippen LogP contribution < -0.4 is 15.0 Å². The zero-order chi connectivity index (χ0) is 33.7. The van der Waals surface area contributed by atoms with Gasteiger partial charge in [-0.15, -0.1) is 18.3 Å². The van der Waals surface area contributed by atoms with Gasteiger partial charge in [-0.25, -0.2) is 14.5 Å². The molecule has 4 aromatic rings. The van der Waals surface area contributed by atoms with E-state index >= 15 is 0 Å². The molecule has 47 heavy (non-hydrogen) atoms. The Hall–Kier alpha value is -4.65. The molecule has 1 N–H and O–H groups in total. The first-order chi connectivity index (χ1) is 22.4. The molecule has 1 aromatic heterocycles. The van der Waals surface area contributed by atoms with Gasteiger partial charge in [0.05, 0.1) is 17.1 Å². The number of rotatable bonds is 10. The van der Waals surface area contributed by atoms with E-state index in [1.54, 1.807) is 4.90 Å². The molecule has 3 aromatic carbocycles. The van der Waals surface area contributed by atoms with Crippen LogP contribution in [-0.2, 0) is 11.2 Å². The number of hydrogen-bond donors (Lipinski definition) is 1. The molecule has 1 aliphatic rings. The largest absolute Gasteiger partial charge is 0.573 e. The van der Waals surface area contributed by atoms with Crippen LogP contribution in [0.1, 0.15) is 56.2 Å². The summed E-state index contributed by atoms with van der Waals surface area (Å²) in [7, 11) is 0. The number of carbonyl (C=O) groups is 2. The van der Waals surface area contributed by atoms with E-state index in [9.17, 15) is 22.8 Å². The summed E-state index contributed by atoms with van der Waals surface area (Å²) in [5.41, 5.74) is 5.23. The van der Waals surface area contributed by atoms with Crippen LogP contribution in [0.15, 0.2) is 78.0 Å². The quantitative estimate of drug-likeness (QED) is 0.186. The second-order valence-electron chi connectivity index (χ2n) is 11.6. The molecule has 0 saturated carbocycles. The minimum absolute atomic E-state index is 0.0973. The second-order valence-corrected chi connectivity index (χ2v) is 12.6. The minimum atomic E-state index is -4.76. The third kappa shape index (κ3) is 8.79. The maximum Gasteiger partial charge on any atom is 0.573 e. The first kappa shape index (κ1) is 33.7. The summed E-state index contributed by atoms with van der Waals surface area (Å²) >= 11 is 1.26. The minimum Gasteiger partial charge on any atom is -0.406 e. The Labute approximate surface area is 275 Å². The highest BCUT2D eigenvalue weighted by Gasteiger charge is 2.33. The number of aliphatic imine (C=N–C) groups is 1. The fourth-order valence-electron chi connectivity index (χ4n) is 5.22. The molecule has 13 heteroatoms. The van der Waals surface area contributed by atoms with Gasteiger partial charge in [-0.05, 0) is 92.1 Å². The van der Waals surface area contributed by atoms with E-state index in [4.69, 9.17) is 0 Å². The highest BCUT2D eigenvalue weighted by molar-refractivity contribution is 8.15. The number of thioether (sulfide) groups is 1. The summed E-state index contributed by atoms with van der Waals surface area (Å²) in [5, 5.41) is 7.80. The van der Waals surface area contributed by atoms with Crippen molar-refractivity contribution >= 4 is 34.6 Å². The van der Waals surface area contributed by atoms with Gasteiger partial charge >= 0.3 is 12.4 Å². The Balaban J connectivity index is 1.15. The average Bonchev–Trinajstić information content (AvgIpc) is 3.64. The number of aryl methyl sites for hydroxylation is 2. The van der Waals surface area contributed by atoms with E-state index in [1.807, 2.05) is 56.3 Å². The van der Waals surface area contributed by atoms with E-state index in [0.29, 0.717) is 23.1 Å². The summed E-state index contributed by atoms with van der Waals surface area (Å²) < 4.78 is 42.8. The Morgan fingerprint density at radius 1 is 1.09 bits per heavy atom. The molecule has 1 unspecified atom stereocenters. The number of nitrogens with one attached hydrogen (secondary N) is 1. The monoisotopic (exact) mass is 664 g/mol. The maximum atomic E-state index is 12.9. The van der Waals surface area contributed by atoms with E-state index < -0.39 is 12.4 Å². The number of carbonyl (C=O) groups excluding carboxylic acids is 2. The number of ether oxygens (including phenoxy) is 1. The molecule has 1 atom stereocenters. The molecule has 2 heterocycles. The van der Waals surface area contributed by atoms with E-state index in [-0.39, 0.29) is 29.4 Å². The van der Waals surface area contributed by atoms with Crippen molar-refractivity contribution in [2.45, 2.75) is 65.3 Å². The van der Waals surface area contributed by atoms with Crippen molar-refractivity contribution in [3.8, 4) is 22.8 Å². The van der Waals surface area contributed by atoms with E-state index in [2.05, 4.69) is 39.0 Å². The molecule has 0 spiro atoms. The smallest absolute Gasteiger partial charge is 0.406 e. The Bertz CT molecular complexity index is 1770. The fourth-order valence-corrected chi connectivity index (χ4v) is 6.08. The predicted octanol–water partition coefficient (Wildman–Crippen LogP) is 7.82. The van der Waals surface area contributed by atoms with Crippen LogP contribution in [0, 0.1) is 6.92 Å². The molecule has 5 rings (SSSR count). The molecule has 0 radical (unpaired) electrons. The molecule has 246 valence electrons. The second kappa shape index (κ2) is 14.4. The summed E-state index contributed by atoms with van der Waals surface area (Å²) in [6.45, 7) is 8.04. The van der Waals surface area contributed by atoms with Crippen molar-refractivity contribution in [1.82, 2.24) is 20.1 Å². The van der Waals surface area contributed by atoms with Crippen molar-refractivity contribution in [2.24, 2.45) is 4.99 Å². The van der Waals surface area contributed by atoms with Crippen molar-refractivity contribution in [3.63, 3.8) is 0 Å². The first-order valence-corrected chi connectivity index (χ1v) is 16.2. The number of hydrogen-bond acceptors (Lipinski definition) is 6. The Kier molecular flexibility index (Phi) is 10.3. The molecular weight excluding hydrogens is 629 g/mol. The van der Waals surface area contributed by atoms with Crippen LogP contribution in [0.3, 0.4) is 0 Å². The van der Waals surface area contributed by atoms with Gasteiger partial charge in [0.2, 0.25) is 5.91 Å². The average molecular weight is 665 g/mol. The van der Waals surface area contributed by atoms with Gasteiger partial charge in [-0.2, -0.15) is 4.99 Å². The lowest BCUT2D eigenvalue weighted by Gasteiger charge is -2.22. The van der Waals surface area contributed by atoms with Gasteiger partial charge in [0, 0.05) is 11.6 Å². The topological polar surface area (TPSA) is 102 Å². The number of benzene rings is 3. The molecule has 0 aliphatic carbocycles. The van der Waals surface area contributed by atoms with Gasteiger partial charge in [0.15, 0.2) is 11.0 Å². The number of amidine groups is 1. The zero-order valence-electron chi connectivity index (χ0n) is 26.4. The molecule has 3 amide bonds. The third-order valence-corrected chi connectivity index (χ3v) is 8.42. The molecule has 1 saturated heterocycles. The van der Waals surface area contributed by atoms with Crippen LogP contribution in [-0.4, -0.2) is 50.0 Å². The standard InChI is InChI=1S/C34H35F3N6O3S/c1-21(2)28-16-11-22(3)17-29(28)43-30(44)19-47-33(43)40-32(45)39-23(4)7-5-8-24-9-6-10-25(18-24)31-38-20-42(41-31)26-12-14-27(15-13-26)46-34(35,36)37/h6,9-18,20-21,23H,5,7-8,19H2,1-4H3,(H,39,45)/b40-33-.